The zero-order valence-corrected chi connectivity index (χ0v) is 25.4. The van der Waals surface area contributed by atoms with Crippen molar-refractivity contribution >= 4 is 41.4 Å². The topological polar surface area (TPSA) is 82.1 Å². The van der Waals surface area contributed by atoms with E-state index in [-0.39, 0.29) is 12.2 Å². The van der Waals surface area contributed by atoms with Crippen molar-refractivity contribution in [3.05, 3.63) is 52.3 Å². The number of aromatic nitrogens is 2. The van der Waals surface area contributed by atoms with Crippen molar-refractivity contribution in [2.45, 2.75) is 46.6 Å². The second-order valence-corrected chi connectivity index (χ2v) is 10.2. The molecule has 4 rings (SSSR count). The molecular weight excluding hydrogens is 558 g/mol. The number of halogens is 3. The summed E-state index contributed by atoms with van der Waals surface area (Å²) in [4.78, 5) is 38.3. The van der Waals surface area contributed by atoms with Gasteiger partial charge in [-0.3, -0.25) is 9.69 Å². The number of anilines is 1. The van der Waals surface area contributed by atoms with E-state index >= 15 is 0 Å². The average molecular weight is 600 g/mol. The average Bonchev–Trinajstić information content (AvgIpc) is 2.97. The summed E-state index contributed by atoms with van der Waals surface area (Å²) in [7, 11) is 0. The Kier molecular flexibility index (Phi) is 15.0. The van der Waals surface area contributed by atoms with E-state index in [9.17, 15) is 14.0 Å². The summed E-state index contributed by atoms with van der Waals surface area (Å²) < 4.78 is 17.9. The van der Waals surface area contributed by atoms with E-state index in [4.69, 9.17) is 27.9 Å². The smallest absolute Gasteiger partial charge is 0.410 e. The fraction of sp³-hybridized carbons (Fsp3) is 0.571. The van der Waals surface area contributed by atoms with Gasteiger partial charge < -0.3 is 19.4 Å². The summed E-state index contributed by atoms with van der Waals surface area (Å²) in [6.07, 6.45) is 4.63. The minimum Gasteiger partial charge on any atom is -0.447 e. The van der Waals surface area contributed by atoms with Gasteiger partial charge in [0.05, 0.1) is 28.5 Å². The van der Waals surface area contributed by atoms with Crippen LogP contribution in [-0.4, -0.2) is 102 Å². The predicted octanol–water partition coefficient (Wildman–Crippen LogP) is 5.01. The van der Waals surface area contributed by atoms with Gasteiger partial charge in [-0.05, 0) is 45.0 Å². The lowest BCUT2D eigenvalue weighted by Gasteiger charge is -2.34. The Hall–Kier alpha value is -2.69. The van der Waals surface area contributed by atoms with Crippen LogP contribution in [0.1, 0.15) is 39.9 Å². The summed E-state index contributed by atoms with van der Waals surface area (Å²) in [6, 6.07) is 5.61. The van der Waals surface area contributed by atoms with Gasteiger partial charge in [0.2, 0.25) is 6.41 Å². The van der Waals surface area contributed by atoms with Crippen molar-refractivity contribution in [2.75, 3.05) is 63.8 Å². The Balaban J connectivity index is 0.000000275. The van der Waals surface area contributed by atoms with Gasteiger partial charge in [0.25, 0.3) is 0 Å². The third-order valence-corrected chi connectivity index (χ3v) is 6.99. The molecule has 0 N–H and O–H groups in total. The summed E-state index contributed by atoms with van der Waals surface area (Å²) in [5.74, 6) is 0.258. The molecule has 0 spiro atoms. The monoisotopic (exact) mass is 598 g/mol. The van der Waals surface area contributed by atoms with Crippen LogP contribution in [0.5, 0.6) is 0 Å². The van der Waals surface area contributed by atoms with Gasteiger partial charge in [0.1, 0.15) is 5.82 Å². The molecule has 2 amide bonds. The fourth-order valence-electron chi connectivity index (χ4n) is 4.13. The SMILES string of the molecule is CC.CC(C)OC(=O)N1CCN(CCCc2ncc(F)cn2)CC1.O=CN1CCN(c2ccc(Cl)c(Cl)c2)CC1. The maximum atomic E-state index is 12.7. The van der Waals surface area contributed by atoms with Crippen LogP contribution in [0.3, 0.4) is 0 Å². The molecule has 1 aromatic heterocycles. The first-order chi connectivity index (χ1) is 19.2. The number of aryl methyl sites for hydroxylation is 1. The van der Waals surface area contributed by atoms with Crippen LogP contribution >= 0.6 is 23.2 Å². The summed E-state index contributed by atoms with van der Waals surface area (Å²) in [5, 5.41) is 1.13. The number of carbonyl (C=O) groups excluding carboxylic acids is 2. The van der Waals surface area contributed by atoms with E-state index in [0.29, 0.717) is 29.0 Å². The minimum absolute atomic E-state index is 0.0822. The fourth-order valence-corrected chi connectivity index (χ4v) is 4.42. The van der Waals surface area contributed by atoms with Crippen molar-refractivity contribution in [3.63, 3.8) is 0 Å². The number of carbonyl (C=O) groups is 2. The third-order valence-electron chi connectivity index (χ3n) is 6.25. The van der Waals surface area contributed by atoms with E-state index in [2.05, 4.69) is 19.8 Å². The van der Waals surface area contributed by atoms with Gasteiger partial charge in [-0.25, -0.2) is 19.2 Å². The Morgan fingerprint density at radius 1 is 1.00 bits per heavy atom. The molecule has 0 atom stereocenters. The first-order valence-corrected chi connectivity index (χ1v) is 14.5. The lowest BCUT2D eigenvalue weighted by Crippen LogP contribution is -2.49. The quantitative estimate of drug-likeness (QED) is 0.414. The summed E-state index contributed by atoms with van der Waals surface area (Å²) >= 11 is 11.8. The van der Waals surface area contributed by atoms with E-state index < -0.39 is 5.82 Å². The molecule has 2 aliphatic heterocycles. The van der Waals surface area contributed by atoms with Crippen LogP contribution in [0.15, 0.2) is 30.6 Å². The van der Waals surface area contributed by atoms with Gasteiger partial charge in [0.15, 0.2) is 5.82 Å². The molecular formula is C28H41Cl2FN6O3. The highest BCUT2D eigenvalue weighted by Gasteiger charge is 2.22. The number of amides is 2. The normalized spacial score (nSPS) is 15.6. The van der Waals surface area contributed by atoms with Crippen molar-refractivity contribution < 1.29 is 18.7 Å². The van der Waals surface area contributed by atoms with Crippen molar-refractivity contribution in [1.82, 2.24) is 24.7 Å². The second-order valence-electron chi connectivity index (χ2n) is 9.41. The van der Waals surface area contributed by atoms with Crippen molar-refractivity contribution in [2.24, 2.45) is 0 Å². The molecule has 2 aromatic rings. The molecule has 2 saturated heterocycles. The number of ether oxygens (including phenoxy) is 1. The molecule has 0 unspecified atom stereocenters. The van der Waals surface area contributed by atoms with Crippen molar-refractivity contribution in [1.29, 1.82) is 0 Å². The van der Waals surface area contributed by atoms with E-state index in [1.165, 1.54) is 12.4 Å². The summed E-state index contributed by atoms with van der Waals surface area (Å²) in [6.45, 7) is 14.9. The predicted molar refractivity (Wildman–Crippen MR) is 158 cm³/mol. The zero-order chi connectivity index (χ0) is 29.5. The maximum Gasteiger partial charge on any atom is 0.410 e. The molecule has 0 saturated carbocycles. The van der Waals surface area contributed by atoms with E-state index in [1.807, 2.05) is 39.8 Å². The molecule has 3 heterocycles. The lowest BCUT2D eigenvalue weighted by atomic mass is 10.2. The largest absolute Gasteiger partial charge is 0.447 e. The van der Waals surface area contributed by atoms with Crippen molar-refractivity contribution in [3.8, 4) is 0 Å². The van der Waals surface area contributed by atoms with Gasteiger partial charge in [-0.15, -0.1) is 0 Å². The molecule has 0 radical (unpaired) electrons. The van der Waals surface area contributed by atoms with Crippen LogP contribution < -0.4 is 4.90 Å². The number of benzene rings is 1. The van der Waals surface area contributed by atoms with Gasteiger partial charge in [0, 0.05) is 64.5 Å². The van der Waals surface area contributed by atoms with Crippen LogP contribution in [-0.2, 0) is 16.0 Å². The van der Waals surface area contributed by atoms with Crippen LogP contribution in [0.2, 0.25) is 10.0 Å². The van der Waals surface area contributed by atoms with Crippen LogP contribution in [0.4, 0.5) is 14.9 Å². The van der Waals surface area contributed by atoms with Gasteiger partial charge in [-0.2, -0.15) is 0 Å². The first kappa shape index (κ1) is 33.5. The molecule has 0 bridgehead atoms. The Labute approximate surface area is 247 Å². The second kappa shape index (κ2) is 17.9. The van der Waals surface area contributed by atoms with Gasteiger partial charge >= 0.3 is 6.09 Å². The zero-order valence-electron chi connectivity index (χ0n) is 23.9. The number of hydrogen-bond donors (Lipinski definition) is 0. The van der Waals surface area contributed by atoms with E-state index in [0.717, 1.165) is 70.8 Å². The van der Waals surface area contributed by atoms with Gasteiger partial charge in [-0.1, -0.05) is 37.0 Å². The van der Waals surface area contributed by atoms with Crippen LogP contribution in [0, 0.1) is 5.82 Å². The molecule has 2 fully saturated rings. The highest BCUT2D eigenvalue weighted by atomic mass is 35.5. The third kappa shape index (κ3) is 11.4. The first-order valence-electron chi connectivity index (χ1n) is 13.8. The number of hydrogen-bond acceptors (Lipinski definition) is 7. The number of rotatable bonds is 7. The molecule has 1 aromatic carbocycles. The number of piperazine rings is 2. The molecule has 2 aliphatic rings. The Morgan fingerprint density at radius 3 is 2.17 bits per heavy atom. The maximum absolute atomic E-state index is 12.7. The molecule has 222 valence electrons. The minimum atomic E-state index is -0.409. The van der Waals surface area contributed by atoms with Crippen LogP contribution in [0.25, 0.3) is 0 Å². The van der Waals surface area contributed by atoms with E-state index in [1.54, 1.807) is 15.9 Å². The highest BCUT2D eigenvalue weighted by molar-refractivity contribution is 6.42. The Morgan fingerprint density at radius 2 is 1.62 bits per heavy atom. The lowest BCUT2D eigenvalue weighted by molar-refractivity contribution is -0.118. The standard InChI is InChI=1S/C15H23FN4O2.C11H12Cl2N2O.C2H6/c1-12(2)22-15(21)20-8-6-19(7-9-20)5-3-4-14-17-10-13(16)11-18-14;12-10-2-1-9(7-11(10)13)15-5-3-14(8-16)4-6-15;1-2/h10-12H,3-9H2,1-2H3;1-2,7-8H,3-6H2;1-2H3. The number of nitrogens with zero attached hydrogens (tertiary/aromatic N) is 6. The Bertz CT molecular complexity index is 1030. The highest BCUT2D eigenvalue weighted by Crippen LogP contribution is 2.27. The molecule has 0 aliphatic carbocycles. The summed E-state index contributed by atoms with van der Waals surface area (Å²) in [5.41, 5.74) is 1.06. The molecule has 9 nitrogen and oxygen atoms in total. The molecule has 40 heavy (non-hydrogen) atoms. The molecule has 12 heteroatoms.